The number of ether oxygens (including phenoxy) is 1. The fourth-order valence-corrected chi connectivity index (χ4v) is 2.89. The Bertz CT molecular complexity index is 772. The van der Waals surface area contributed by atoms with Gasteiger partial charge in [0.15, 0.2) is 0 Å². The predicted octanol–water partition coefficient (Wildman–Crippen LogP) is 4.59. The Balaban J connectivity index is 2.28. The summed E-state index contributed by atoms with van der Waals surface area (Å²) < 4.78 is 5.28. The highest BCUT2D eigenvalue weighted by Gasteiger charge is 2.23. The van der Waals surface area contributed by atoms with Gasteiger partial charge in [-0.15, -0.1) is 0 Å². The van der Waals surface area contributed by atoms with Gasteiger partial charge in [-0.05, 0) is 45.6 Å². The van der Waals surface area contributed by atoms with E-state index in [0.717, 1.165) is 11.1 Å². The summed E-state index contributed by atoms with van der Waals surface area (Å²) in [7, 11) is 1.46. The molecule has 0 bridgehead atoms. The summed E-state index contributed by atoms with van der Waals surface area (Å²) in [4.78, 5) is 0. The maximum Gasteiger partial charge on any atom is 0.132 e. The molecule has 1 atom stereocenters. The molecule has 0 aliphatic heterocycles. The van der Waals surface area contributed by atoms with Crippen molar-refractivity contribution < 1.29 is 20.1 Å². The Labute approximate surface area is 155 Å². The van der Waals surface area contributed by atoms with E-state index in [1.54, 1.807) is 0 Å². The van der Waals surface area contributed by atoms with Crippen LogP contribution in [0.15, 0.2) is 42.0 Å². The number of methoxy groups -OCH3 is 1. The van der Waals surface area contributed by atoms with Crippen molar-refractivity contribution in [3.05, 3.63) is 64.2 Å². The van der Waals surface area contributed by atoms with E-state index in [0.29, 0.717) is 30.4 Å². The SMILES string of the molecule is COc1cc(O)c(CC=C(C)C)c(O)c1C(O)CCc1ccc(C)cc1. The van der Waals surface area contributed by atoms with Gasteiger partial charge in [-0.3, -0.25) is 0 Å². The quantitative estimate of drug-likeness (QED) is 0.635. The lowest BCUT2D eigenvalue weighted by atomic mass is 9.95. The van der Waals surface area contributed by atoms with Crippen molar-refractivity contribution in [2.75, 3.05) is 7.11 Å². The Hall–Kier alpha value is -2.46. The fourth-order valence-electron chi connectivity index (χ4n) is 2.89. The number of allylic oxidation sites excluding steroid dienone is 2. The van der Waals surface area contributed by atoms with Gasteiger partial charge in [0.05, 0.1) is 18.8 Å². The van der Waals surface area contributed by atoms with Crippen molar-refractivity contribution in [3.8, 4) is 17.2 Å². The smallest absolute Gasteiger partial charge is 0.132 e. The summed E-state index contributed by atoms with van der Waals surface area (Å²) in [6.45, 7) is 5.94. The predicted molar refractivity (Wildman–Crippen MR) is 104 cm³/mol. The van der Waals surface area contributed by atoms with Crippen LogP contribution in [-0.2, 0) is 12.8 Å². The van der Waals surface area contributed by atoms with Gasteiger partial charge in [-0.2, -0.15) is 0 Å². The average molecular weight is 356 g/mol. The number of rotatable bonds is 7. The molecule has 2 rings (SSSR count). The number of aryl methyl sites for hydroxylation is 2. The zero-order valence-electron chi connectivity index (χ0n) is 15.9. The largest absolute Gasteiger partial charge is 0.507 e. The van der Waals surface area contributed by atoms with E-state index in [9.17, 15) is 15.3 Å². The standard InChI is InChI=1S/C22H28O4/c1-14(2)5-11-17-19(24)13-20(26-4)21(22(17)25)18(23)12-10-16-8-6-15(3)7-9-16/h5-9,13,18,23-25H,10-12H2,1-4H3. The first-order valence-corrected chi connectivity index (χ1v) is 8.82. The van der Waals surface area contributed by atoms with Crippen molar-refractivity contribution in [1.29, 1.82) is 0 Å². The number of hydrogen-bond donors (Lipinski definition) is 3. The number of hydrogen-bond acceptors (Lipinski definition) is 4. The lowest BCUT2D eigenvalue weighted by Crippen LogP contribution is -2.05. The van der Waals surface area contributed by atoms with Crippen LogP contribution in [0.2, 0.25) is 0 Å². The minimum atomic E-state index is -0.891. The molecular weight excluding hydrogens is 328 g/mol. The molecule has 0 heterocycles. The third-order valence-electron chi connectivity index (χ3n) is 4.48. The second kappa shape index (κ2) is 8.77. The molecule has 0 aliphatic carbocycles. The summed E-state index contributed by atoms with van der Waals surface area (Å²) in [6, 6.07) is 9.61. The van der Waals surface area contributed by atoms with Crippen LogP contribution in [0.1, 0.15) is 48.6 Å². The van der Waals surface area contributed by atoms with Gasteiger partial charge in [-0.25, -0.2) is 0 Å². The molecule has 2 aromatic rings. The highest BCUT2D eigenvalue weighted by Crippen LogP contribution is 2.43. The Kier molecular flexibility index (Phi) is 6.70. The second-order valence-corrected chi connectivity index (χ2v) is 6.86. The van der Waals surface area contributed by atoms with Crippen LogP contribution in [0.25, 0.3) is 0 Å². The van der Waals surface area contributed by atoms with Crippen molar-refractivity contribution >= 4 is 0 Å². The van der Waals surface area contributed by atoms with Gasteiger partial charge < -0.3 is 20.1 Å². The topological polar surface area (TPSA) is 69.9 Å². The van der Waals surface area contributed by atoms with E-state index in [2.05, 4.69) is 0 Å². The molecule has 0 saturated heterocycles. The number of aliphatic hydroxyl groups excluding tert-OH is 1. The number of aliphatic hydroxyl groups is 1. The van der Waals surface area contributed by atoms with Crippen LogP contribution in [0.5, 0.6) is 17.2 Å². The van der Waals surface area contributed by atoms with E-state index in [1.165, 1.54) is 18.7 Å². The van der Waals surface area contributed by atoms with Gasteiger partial charge >= 0.3 is 0 Å². The molecule has 1 unspecified atom stereocenters. The molecule has 4 heteroatoms. The van der Waals surface area contributed by atoms with Crippen molar-refractivity contribution in [1.82, 2.24) is 0 Å². The van der Waals surface area contributed by atoms with Gasteiger partial charge in [0.1, 0.15) is 17.2 Å². The van der Waals surface area contributed by atoms with Crippen LogP contribution in [-0.4, -0.2) is 22.4 Å². The molecule has 2 aromatic carbocycles. The summed E-state index contributed by atoms with van der Waals surface area (Å²) in [6.07, 6.45) is 2.54. The van der Waals surface area contributed by atoms with Crippen molar-refractivity contribution in [2.24, 2.45) is 0 Å². The van der Waals surface area contributed by atoms with Crippen LogP contribution in [0.4, 0.5) is 0 Å². The number of phenols is 2. The zero-order valence-corrected chi connectivity index (χ0v) is 15.9. The van der Waals surface area contributed by atoms with Gasteiger partial charge in [0, 0.05) is 11.6 Å². The molecule has 0 saturated carbocycles. The molecule has 140 valence electrons. The molecule has 0 amide bonds. The molecule has 3 N–H and O–H groups in total. The zero-order chi connectivity index (χ0) is 19.3. The molecule has 26 heavy (non-hydrogen) atoms. The maximum absolute atomic E-state index is 10.7. The summed E-state index contributed by atoms with van der Waals surface area (Å²) >= 11 is 0. The van der Waals surface area contributed by atoms with Crippen LogP contribution in [0, 0.1) is 6.92 Å². The van der Waals surface area contributed by atoms with Gasteiger partial charge in [0.25, 0.3) is 0 Å². The lowest BCUT2D eigenvalue weighted by molar-refractivity contribution is 0.159. The van der Waals surface area contributed by atoms with E-state index >= 15 is 0 Å². The monoisotopic (exact) mass is 356 g/mol. The third-order valence-corrected chi connectivity index (χ3v) is 4.48. The highest BCUT2D eigenvalue weighted by molar-refractivity contribution is 5.57. The van der Waals surface area contributed by atoms with Gasteiger partial charge in [-0.1, -0.05) is 41.5 Å². The van der Waals surface area contributed by atoms with E-state index in [1.807, 2.05) is 51.1 Å². The van der Waals surface area contributed by atoms with E-state index in [4.69, 9.17) is 4.74 Å². The fraction of sp³-hybridized carbons (Fsp3) is 0.364. The first-order valence-electron chi connectivity index (χ1n) is 8.82. The van der Waals surface area contributed by atoms with Crippen LogP contribution < -0.4 is 4.74 Å². The number of benzene rings is 2. The minimum absolute atomic E-state index is 0.0358. The van der Waals surface area contributed by atoms with Crippen LogP contribution in [0.3, 0.4) is 0 Å². The molecule has 0 aromatic heterocycles. The Morgan fingerprint density at radius 3 is 2.38 bits per heavy atom. The van der Waals surface area contributed by atoms with Gasteiger partial charge in [0.2, 0.25) is 0 Å². The molecule has 0 radical (unpaired) electrons. The normalized spacial score (nSPS) is 11.9. The first kappa shape index (κ1) is 19.9. The molecule has 4 nitrogen and oxygen atoms in total. The molecular formula is C22H28O4. The molecule has 0 spiro atoms. The molecule has 0 aliphatic rings. The van der Waals surface area contributed by atoms with Crippen LogP contribution >= 0.6 is 0 Å². The summed E-state index contributed by atoms with van der Waals surface area (Å²) in [5.74, 6) is 0.152. The van der Waals surface area contributed by atoms with E-state index in [-0.39, 0.29) is 17.2 Å². The Morgan fingerprint density at radius 1 is 1.15 bits per heavy atom. The first-order chi connectivity index (χ1) is 12.3. The summed E-state index contributed by atoms with van der Waals surface area (Å²) in [5.41, 5.74) is 4.12. The van der Waals surface area contributed by atoms with Crippen molar-refractivity contribution in [3.63, 3.8) is 0 Å². The van der Waals surface area contributed by atoms with E-state index < -0.39 is 6.10 Å². The Morgan fingerprint density at radius 2 is 1.81 bits per heavy atom. The summed E-state index contributed by atoms with van der Waals surface area (Å²) in [5, 5.41) is 31.6. The second-order valence-electron chi connectivity index (χ2n) is 6.86. The maximum atomic E-state index is 10.7. The number of phenolic OH excluding ortho intramolecular Hbond substituents is 2. The third kappa shape index (κ3) is 4.79. The highest BCUT2D eigenvalue weighted by atomic mass is 16.5. The number of aromatic hydroxyl groups is 2. The lowest BCUT2D eigenvalue weighted by Gasteiger charge is -2.19. The minimum Gasteiger partial charge on any atom is -0.507 e. The van der Waals surface area contributed by atoms with Crippen molar-refractivity contribution in [2.45, 2.75) is 46.1 Å². The average Bonchev–Trinajstić information content (AvgIpc) is 2.60. The molecule has 0 fully saturated rings.